The third-order valence-corrected chi connectivity index (χ3v) is 3.83. The summed E-state index contributed by atoms with van der Waals surface area (Å²) in [4.78, 5) is 11.0. The van der Waals surface area contributed by atoms with E-state index in [0.717, 1.165) is 0 Å². The van der Waals surface area contributed by atoms with E-state index >= 15 is 0 Å². The Bertz CT molecular complexity index is 410. The first-order chi connectivity index (χ1) is 7.89. The zero-order valence-electron chi connectivity index (χ0n) is 9.42. The van der Waals surface area contributed by atoms with Gasteiger partial charge in [0.25, 0.3) is 0 Å². The number of carbonyl (C=O) groups excluding carboxylic acids is 1. The van der Waals surface area contributed by atoms with Crippen molar-refractivity contribution >= 4 is 21.9 Å². The standard InChI is InChI=1S/C9H16N2O5S/c1-5(12)11-6-3-10-7-4-15-17(2,14)16-9(7)8(6)13/h6-10,13H,2-4H2,1H3,(H,11,12)/t6-,7+,8+,9+,17?/m0/s1. The maximum atomic E-state index is 11.6. The number of aliphatic hydroxyl groups excluding tert-OH is 1. The van der Waals surface area contributed by atoms with E-state index in [9.17, 15) is 14.1 Å². The molecular formula is C9H16N2O5S. The Kier molecular flexibility index (Phi) is 3.41. The van der Waals surface area contributed by atoms with Crippen molar-refractivity contribution in [1.82, 2.24) is 10.6 Å². The molecule has 0 radical (unpaired) electrons. The number of piperidine rings is 1. The van der Waals surface area contributed by atoms with Crippen molar-refractivity contribution in [2.45, 2.75) is 31.2 Å². The van der Waals surface area contributed by atoms with E-state index in [4.69, 9.17) is 8.37 Å². The maximum Gasteiger partial charge on any atom is 0.217 e. The molecule has 2 saturated heterocycles. The van der Waals surface area contributed by atoms with Gasteiger partial charge in [-0.2, -0.15) is 0 Å². The molecule has 1 amide bonds. The smallest absolute Gasteiger partial charge is 0.217 e. The number of carbonyl (C=O) groups is 1. The lowest BCUT2D eigenvalue weighted by atomic mass is 9.94. The van der Waals surface area contributed by atoms with Gasteiger partial charge in [-0.1, -0.05) is 0 Å². The summed E-state index contributed by atoms with van der Waals surface area (Å²) in [6, 6.07) is -0.714. The summed E-state index contributed by atoms with van der Waals surface area (Å²) in [7, 11) is -3.05. The molecule has 2 aliphatic heterocycles. The molecule has 3 N–H and O–H groups in total. The molecule has 0 bridgehead atoms. The number of nitrogens with one attached hydrogen (secondary N) is 2. The van der Waals surface area contributed by atoms with E-state index < -0.39 is 28.3 Å². The van der Waals surface area contributed by atoms with Crippen molar-refractivity contribution in [3.8, 4) is 0 Å². The first-order valence-corrected chi connectivity index (χ1v) is 6.85. The van der Waals surface area contributed by atoms with Crippen molar-refractivity contribution in [3.05, 3.63) is 0 Å². The summed E-state index contributed by atoms with van der Waals surface area (Å²) in [5.74, 6) is 3.06. The van der Waals surface area contributed by atoms with Gasteiger partial charge in [0, 0.05) is 19.3 Å². The quantitative estimate of drug-likeness (QED) is 0.464. The van der Waals surface area contributed by atoms with Gasteiger partial charge in [0.2, 0.25) is 5.91 Å². The van der Waals surface area contributed by atoms with Gasteiger partial charge in [0.05, 0.1) is 18.7 Å². The molecule has 1 unspecified atom stereocenters. The van der Waals surface area contributed by atoms with Gasteiger partial charge in [-0.3, -0.25) is 13.2 Å². The zero-order chi connectivity index (χ0) is 12.6. The Morgan fingerprint density at radius 3 is 3.00 bits per heavy atom. The van der Waals surface area contributed by atoms with E-state index in [-0.39, 0.29) is 18.6 Å². The molecule has 2 fully saturated rings. The molecule has 0 spiro atoms. The molecule has 2 rings (SSSR count). The van der Waals surface area contributed by atoms with Crippen LogP contribution in [-0.2, 0) is 23.2 Å². The average Bonchev–Trinajstić information content (AvgIpc) is 2.22. The van der Waals surface area contributed by atoms with E-state index in [1.54, 1.807) is 0 Å². The summed E-state index contributed by atoms with van der Waals surface area (Å²) in [5, 5.41) is 15.7. The minimum Gasteiger partial charge on any atom is -0.388 e. The fourth-order valence-electron chi connectivity index (χ4n) is 2.03. The van der Waals surface area contributed by atoms with Crippen molar-refractivity contribution in [2.24, 2.45) is 0 Å². The van der Waals surface area contributed by atoms with Gasteiger partial charge in [-0.05, 0) is 0 Å². The van der Waals surface area contributed by atoms with Gasteiger partial charge in [-0.15, -0.1) is 0 Å². The summed E-state index contributed by atoms with van der Waals surface area (Å²) in [6.07, 6.45) is -1.63. The van der Waals surface area contributed by atoms with Crippen LogP contribution in [0.25, 0.3) is 0 Å². The Labute approximate surface area is 99.9 Å². The normalized spacial score (nSPS) is 46.0. The highest BCUT2D eigenvalue weighted by Gasteiger charge is 2.44. The van der Waals surface area contributed by atoms with Crippen molar-refractivity contribution < 1.29 is 22.5 Å². The fraction of sp³-hybridized carbons (Fsp3) is 0.778. The van der Waals surface area contributed by atoms with Gasteiger partial charge >= 0.3 is 0 Å². The molecule has 2 aliphatic rings. The first kappa shape index (κ1) is 12.8. The molecule has 17 heavy (non-hydrogen) atoms. The molecule has 7 nitrogen and oxygen atoms in total. The molecule has 0 aliphatic carbocycles. The second kappa shape index (κ2) is 4.54. The molecule has 0 aromatic carbocycles. The lowest BCUT2D eigenvalue weighted by Gasteiger charge is -2.43. The van der Waals surface area contributed by atoms with Gasteiger partial charge < -0.3 is 15.7 Å². The van der Waals surface area contributed by atoms with Gasteiger partial charge in [0.1, 0.15) is 12.2 Å². The Hall–Kier alpha value is -0.670. The Balaban J connectivity index is 2.10. The number of amides is 1. The molecule has 0 aromatic rings. The molecular weight excluding hydrogens is 248 g/mol. The van der Waals surface area contributed by atoms with Crippen molar-refractivity contribution in [3.63, 3.8) is 0 Å². The Morgan fingerprint density at radius 1 is 1.65 bits per heavy atom. The lowest BCUT2D eigenvalue weighted by molar-refractivity contribution is -0.122. The van der Waals surface area contributed by atoms with Crippen LogP contribution in [0.3, 0.4) is 0 Å². The number of rotatable bonds is 1. The zero-order valence-corrected chi connectivity index (χ0v) is 10.2. The van der Waals surface area contributed by atoms with Crippen LogP contribution in [0, 0.1) is 0 Å². The second-order valence-electron chi connectivity index (χ2n) is 4.22. The lowest BCUT2D eigenvalue weighted by Crippen LogP contribution is -2.67. The van der Waals surface area contributed by atoms with Crippen LogP contribution < -0.4 is 10.6 Å². The maximum absolute atomic E-state index is 11.6. The van der Waals surface area contributed by atoms with Crippen LogP contribution in [0.5, 0.6) is 0 Å². The molecule has 98 valence electrons. The number of hydrogen-bond donors (Lipinski definition) is 3. The number of aliphatic hydroxyl groups is 1. The highest BCUT2D eigenvalue weighted by molar-refractivity contribution is 7.91. The van der Waals surface area contributed by atoms with Crippen LogP contribution in [0.4, 0.5) is 0 Å². The van der Waals surface area contributed by atoms with Crippen LogP contribution in [0.1, 0.15) is 6.92 Å². The second-order valence-corrected chi connectivity index (χ2v) is 5.76. The van der Waals surface area contributed by atoms with Gasteiger partial charge in [-0.25, -0.2) is 4.21 Å². The third kappa shape index (κ3) is 2.78. The van der Waals surface area contributed by atoms with E-state index in [2.05, 4.69) is 16.5 Å². The monoisotopic (exact) mass is 264 g/mol. The number of fused-ring (bicyclic) bond motifs is 1. The molecule has 8 heteroatoms. The largest absolute Gasteiger partial charge is 0.388 e. The Morgan fingerprint density at radius 2 is 2.35 bits per heavy atom. The van der Waals surface area contributed by atoms with Crippen LogP contribution in [-0.4, -0.2) is 58.5 Å². The topological polar surface area (TPSA) is 96.9 Å². The minimum absolute atomic E-state index is 0.164. The molecule has 5 atom stereocenters. The fourth-order valence-corrected chi connectivity index (χ4v) is 3.03. The van der Waals surface area contributed by atoms with E-state index in [1.807, 2.05) is 0 Å². The predicted molar refractivity (Wildman–Crippen MR) is 61.5 cm³/mol. The minimum atomic E-state index is -3.05. The van der Waals surface area contributed by atoms with Crippen LogP contribution >= 0.6 is 0 Å². The van der Waals surface area contributed by atoms with Crippen LogP contribution in [0.2, 0.25) is 0 Å². The summed E-state index contributed by atoms with van der Waals surface area (Å²) >= 11 is 0. The number of hydrogen-bond acceptors (Lipinski definition) is 6. The SMILES string of the molecule is C=S1(=O)OC[C@H]2NC[C@H](NC(C)=O)[C@@H](O)[C@@H]2O1. The third-order valence-electron chi connectivity index (χ3n) is 2.82. The molecule has 2 heterocycles. The summed E-state index contributed by atoms with van der Waals surface area (Å²) < 4.78 is 21.6. The predicted octanol–water partition coefficient (Wildman–Crippen LogP) is -2.21. The van der Waals surface area contributed by atoms with Crippen molar-refractivity contribution in [1.29, 1.82) is 0 Å². The highest BCUT2D eigenvalue weighted by Crippen LogP contribution is 2.22. The van der Waals surface area contributed by atoms with Crippen LogP contribution in [0.15, 0.2) is 0 Å². The summed E-state index contributed by atoms with van der Waals surface area (Å²) in [5.41, 5.74) is 0. The molecule has 0 aromatic heterocycles. The first-order valence-electron chi connectivity index (χ1n) is 5.27. The molecule has 0 saturated carbocycles. The highest BCUT2D eigenvalue weighted by atomic mass is 32.2. The van der Waals surface area contributed by atoms with Crippen molar-refractivity contribution in [2.75, 3.05) is 13.2 Å². The van der Waals surface area contributed by atoms with E-state index in [0.29, 0.717) is 6.54 Å². The van der Waals surface area contributed by atoms with Gasteiger partial charge in [0.15, 0.2) is 10.1 Å². The summed E-state index contributed by atoms with van der Waals surface area (Å²) in [6.45, 7) is 1.94. The van der Waals surface area contributed by atoms with E-state index in [1.165, 1.54) is 6.92 Å². The average molecular weight is 264 g/mol.